The lowest BCUT2D eigenvalue weighted by molar-refractivity contribution is -0.134. The molecule has 6 heteroatoms. The van der Waals surface area contributed by atoms with E-state index in [-0.39, 0.29) is 11.5 Å². The Labute approximate surface area is 151 Å². The van der Waals surface area contributed by atoms with Crippen molar-refractivity contribution in [2.24, 2.45) is 0 Å². The van der Waals surface area contributed by atoms with E-state index in [4.69, 9.17) is 0 Å². The number of aromatic nitrogens is 1. The lowest BCUT2D eigenvalue weighted by atomic mass is 10.0. The first-order valence-corrected chi connectivity index (χ1v) is 8.75. The van der Waals surface area contributed by atoms with Crippen molar-refractivity contribution in [3.63, 3.8) is 0 Å². The van der Waals surface area contributed by atoms with Crippen LogP contribution >= 0.6 is 0 Å². The summed E-state index contributed by atoms with van der Waals surface area (Å²) in [6.07, 6.45) is 4.33. The Kier molecular flexibility index (Phi) is 5.30. The number of halogens is 1. The maximum absolute atomic E-state index is 13.2. The smallest absolute Gasteiger partial charge is 0.253 e. The molecule has 136 valence electrons. The number of amides is 1. The molecular weight excluding hydrogens is 335 g/mol. The molecule has 2 aromatic rings. The number of Topliss-reactive ketones (excluding diaryl/α,β-unsaturated/α-hetero) is 1. The van der Waals surface area contributed by atoms with Crippen LogP contribution in [0.2, 0.25) is 0 Å². The average molecular weight is 356 g/mol. The second-order valence-corrected chi connectivity index (χ2v) is 6.61. The molecule has 0 unspecified atom stereocenters. The fourth-order valence-electron chi connectivity index (χ4n) is 3.23. The van der Waals surface area contributed by atoms with Gasteiger partial charge in [0.15, 0.2) is 11.8 Å². The summed E-state index contributed by atoms with van der Waals surface area (Å²) < 4.78 is 14.4. The molecule has 1 atom stereocenters. The molecule has 0 bridgehead atoms. The van der Waals surface area contributed by atoms with Crippen molar-refractivity contribution in [2.45, 2.75) is 32.2 Å². The van der Waals surface area contributed by atoms with Gasteiger partial charge in [0.25, 0.3) is 11.5 Å². The predicted octanol–water partition coefficient (Wildman–Crippen LogP) is 2.73. The molecule has 1 saturated heterocycles. The number of nitrogens with zero attached hydrogens (tertiary/aromatic N) is 2. The number of carbonyl (C=O) groups is 2. The maximum Gasteiger partial charge on any atom is 0.253 e. The number of piperidine rings is 1. The third kappa shape index (κ3) is 3.74. The summed E-state index contributed by atoms with van der Waals surface area (Å²) in [7, 11) is 0. The second kappa shape index (κ2) is 7.64. The summed E-state index contributed by atoms with van der Waals surface area (Å²) in [6, 6.07) is 6.76. The molecule has 5 nitrogen and oxygen atoms in total. The highest BCUT2D eigenvalue weighted by atomic mass is 19.1. The molecule has 1 aromatic carbocycles. The van der Waals surface area contributed by atoms with Crippen LogP contribution in [-0.2, 0) is 4.79 Å². The molecule has 0 saturated carbocycles. The summed E-state index contributed by atoms with van der Waals surface area (Å²) in [4.78, 5) is 40.2. The standard InChI is InChI=1S/C20H21FN2O3/c1-14-5-10-17(24)23(13-14)18(20(26)22-11-3-2-4-12-22)19(25)15-6-8-16(21)9-7-15/h5-10,13,18H,2-4,11-12H2,1H3/t18-/m0/s1. The van der Waals surface area contributed by atoms with Crippen molar-refractivity contribution in [3.8, 4) is 0 Å². The molecule has 2 heterocycles. The van der Waals surface area contributed by atoms with Gasteiger partial charge in [0.2, 0.25) is 0 Å². The summed E-state index contributed by atoms with van der Waals surface area (Å²) in [5, 5.41) is 0. The summed E-state index contributed by atoms with van der Waals surface area (Å²) in [6.45, 7) is 2.94. The van der Waals surface area contributed by atoms with E-state index in [9.17, 15) is 18.8 Å². The predicted molar refractivity (Wildman–Crippen MR) is 95.6 cm³/mol. The molecule has 1 aliphatic rings. The van der Waals surface area contributed by atoms with E-state index in [0.717, 1.165) is 24.8 Å². The van der Waals surface area contributed by atoms with Crippen LogP contribution < -0.4 is 5.56 Å². The fourth-order valence-corrected chi connectivity index (χ4v) is 3.23. The molecular formula is C20H21FN2O3. The number of hydrogen-bond acceptors (Lipinski definition) is 3. The summed E-state index contributed by atoms with van der Waals surface area (Å²) in [5.41, 5.74) is 0.560. The Bertz CT molecular complexity index is 867. The number of aryl methyl sites for hydroxylation is 1. The van der Waals surface area contributed by atoms with Gasteiger partial charge in [0.1, 0.15) is 5.82 Å². The lowest BCUT2D eigenvalue weighted by Gasteiger charge is -2.30. The van der Waals surface area contributed by atoms with Crippen LogP contribution in [-0.4, -0.2) is 34.2 Å². The normalized spacial score (nSPS) is 15.5. The van der Waals surface area contributed by atoms with Gasteiger partial charge in [-0.3, -0.25) is 19.0 Å². The fraction of sp³-hybridized carbons (Fsp3) is 0.350. The Hall–Kier alpha value is -2.76. The molecule has 1 aromatic heterocycles. The van der Waals surface area contributed by atoms with Crippen molar-refractivity contribution >= 4 is 11.7 Å². The zero-order chi connectivity index (χ0) is 18.7. The minimum absolute atomic E-state index is 0.204. The minimum Gasteiger partial charge on any atom is -0.340 e. The van der Waals surface area contributed by atoms with E-state index in [2.05, 4.69) is 0 Å². The highest BCUT2D eigenvalue weighted by Gasteiger charge is 2.34. The summed E-state index contributed by atoms with van der Waals surface area (Å²) >= 11 is 0. The summed E-state index contributed by atoms with van der Waals surface area (Å²) in [5.74, 6) is -1.35. The quantitative estimate of drug-likeness (QED) is 0.625. The molecule has 3 rings (SSSR count). The molecule has 1 fully saturated rings. The number of carbonyl (C=O) groups excluding carboxylic acids is 2. The van der Waals surface area contributed by atoms with Gasteiger partial charge >= 0.3 is 0 Å². The number of pyridine rings is 1. The van der Waals surface area contributed by atoms with Crippen LogP contribution in [0.25, 0.3) is 0 Å². The molecule has 0 N–H and O–H groups in total. The minimum atomic E-state index is -1.27. The Morgan fingerprint density at radius 2 is 1.65 bits per heavy atom. The van der Waals surface area contributed by atoms with Crippen LogP contribution in [0.5, 0.6) is 0 Å². The monoisotopic (exact) mass is 356 g/mol. The van der Waals surface area contributed by atoms with Crippen molar-refractivity contribution < 1.29 is 14.0 Å². The molecule has 26 heavy (non-hydrogen) atoms. The van der Waals surface area contributed by atoms with E-state index in [1.54, 1.807) is 17.9 Å². The van der Waals surface area contributed by atoms with Crippen molar-refractivity contribution in [2.75, 3.05) is 13.1 Å². The van der Waals surface area contributed by atoms with Crippen molar-refractivity contribution in [1.82, 2.24) is 9.47 Å². The van der Waals surface area contributed by atoms with Crippen molar-refractivity contribution in [1.29, 1.82) is 0 Å². The van der Waals surface area contributed by atoms with E-state index in [1.165, 1.54) is 41.1 Å². The first kappa shape index (κ1) is 18.0. The van der Waals surface area contributed by atoms with E-state index in [1.807, 2.05) is 0 Å². The van der Waals surface area contributed by atoms with Gasteiger partial charge in [0, 0.05) is 30.9 Å². The number of ketones is 1. The highest BCUT2D eigenvalue weighted by molar-refractivity contribution is 6.11. The van der Waals surface area contributed by atoms with Crippen LogP contribution in [0.15, 0.2) is 47.4 Å². The molecule has 0 radical (unpaired) electrons. The SMILES string of the molecule is Cc1ccc(=O)n([C@@H](C(=O)c2ccc(F)cc2)C(=O)N2CCCCC2)c1. The zero-order valence-electron chi connectivity index (χ0n) is 14.7. The van der Waals surface area contributed by atoms with Gasteiger partial charge in [-0.25, -0.2) is 4.39 Å². The molecule has 1 amide bonds. The van der Waals surface area contributed by atoms with Gasteiger partial charge in [-0.15, -0.1) is 0 Å². The molecule has 1 aliphatic heterocycles. The third-order valence-electron chi connectivity index (χ3n) is 4.64. The first-order chi connectivity index (χ1) is 12.5. The maximum atomic E-state index is 13.2. The van der Waals surface area contributed by atoms with Gasteiger partial charge in [-0.2, -0.15) is 0 Å². The average Bonchev–Trinajstić information content (AvgIpc) is 2.66. The number of likely N-dealkylation sites (tertiary alicyclic amines) is 1. The zero-order valence-corrected chi connectivity index (χ0v) is 14.7. The van der Waals surface area contributed by atoms with E-state index in [0.29, 0.717) is 13.1 Å². The Balaban J connectivity index is 2.04. The van der Waals surface area contributed by atoms with Crippen LogP contribution in [0.3, 0.4) is 0 Å². The molecule has 0 spiro atoms. The first-order valence-electron chi connectivity index (χ1n) is 8.75. The van der Waals surface area contributed by atoms with E-state index >= 15 is 0 Å². The third-order valence-corrected chi connectivity index (χ3v) is 4.64. The largest absolute Gasteiger partial charge is 0.340 e. The van der Waals surface area contributed by atoms with Crippen LogP contribution in [0, 0.1) is 12.7 Å². The van der Waals surface area contributed by atoms with E-state index < -0.39 is 23.2 Å². The van der Waals surface area contributed by atoms with Gasteiger partial charge in [-0.05, 0) is 56.0 Å². The topological polar surface area (TPSA) is 59.4 Å². The second-order valence-electron chi connectivity index (χ2n) is 6.61. The van der Waals surface area contributed by atoms with Gasteiger partial charge in [-0.1, -0.05) is 6.07 Å². The number of rotatable bonds is 4. The number of hydrogen-bond donors (Lipinski definition) is 0. The van der Waals surface area contributed by atoms with Gasteiger partial charge in [0.05, 0.1) is 0 Å². The highest BCUT2D eigenvalue weighted by Crippen LogP contribution is 2.20. The van der Waals surface area contributed by atoms with Crippen LogP contribution in [0.1, 0.15) is 41.2 Å². The van der Waals surface area contributed by atoms with Crippen LogP contribution in [0.4, 0.5) is 4.39 Å². The number of benzene rings is 1. The van der Waals surface area contributed by atoms with Gasteiger partial charge < -0.3 is 4.90 Å². The molecule has 0 aliphatic carbocycles. The Morgan fingerprint density at radius 1 is 1.00 bits per heavy atom. The van der Waals surface area contributed by atoms with Crippen molar-refractivity contribution in [3.05, 3.63) is 69.9 Å². The Morgan fingerprint density at radius 3 is 2.31 bits per heavy atom. The lowest BCUT2D eigenvalue weighted by Crippen LogP contribution is -2.45.